The third-order valence-corrected chi connectivity index (χ3v) is 4.73. The summed E-state index contributed by atoms with van der Waals surface area (Å²) in [5.74, 6) is 0. The predicted molar refractivity (Wildman–Crippen MR) is 74.4 cm³/mol. The van der Waals surface area contributed by atoms with Crippen molar-refractivity contribution in [1.29, 1.82) is 0 Å². The van der Waals surface area contributed by atoms with Crippen LogP contribution in [0.25, 0.3) is 0 Å². The van der Waals surface area contributed by atoms with E-state index in [0.29, 0.717) is 13.2 Å². The molecule has 0 saturated carbocycles. The second-order valence-corrected chi connectivity index (χ2v) is 6.62. The SMILES string of the molecule is Cc1ccc(S(=O)(=O)NCC2CCCCO2)c(N)c1. The summed E-state index contributed by atoms with van der Waals surface area (Å²) in [6, 6.07) is 4.93. The molecule has 106 valence electrons. The number of hydrogen-bond acceptors (Lipinski definition) is 4. The highest BCUT2D eigenvalue weighted by molar-refractivity contribution is 7.89. The third kappa shape index (κ3) is 3.68. The van der Waals surface area contributed by atoms with Gasteiger partial charge in [0.1, 0.15) is 4.90 Å². The van der Waals surface area contributed by atoms with E-state index in [-0.39, 0.29) is 16.7 Å². The first-order valence-corrected chi connectivity index (χ1v) is 7.95. The van der Waals surface area contributed by atoms with E-state index in [1.165, 1.54) is 6.07 Å². The fraction of sp³-hybridized carbons (Fsp3) is 0.538. The van der Waals surface area contributed by atoms with Crippen molar-refractivity contribution in [3.8, 4) is 0 Å². The summed E-state index contributed by atoms with van der Waals surface area (Å²) in [6.07, 6.45) is 2.99. The van der Waals surface area contributed by atoms with Crippen molar-refractivity contribution in [1.82, 2.24) is 4.72 Å². The average Bonchev–Trinajstić information content (AvgIpc) is 2.37. The number of nitrogen functional groups attached to an aromatic ring is 1. The molecule has 1 aliphatic rings. The van der Waals surface area contributed by atoms with Crippen LogP contribution in [-0.2, 0) is 14.8 Å². The fourth-order valence-electron chi connectivity index (χ4n) is 2.16. The quantitative estimate of drug-likeness (QED) is 0.819. The number of sulfonamides is 1. The van der Waals surface area contributed by atoms with Gasteiger partial charge in [-0.05, 0) is 43.9 Å². The Morgan fingerprint density at radius 1 is 1.42 bits per heavy atom. The molecule has 6 heteroatoms. The molecule has 1 atom stereocenters. The molecule has 1 fully saturated rings. The van der Waals surface area contributed by atoms with Crippen molar-refractivity contribution in [2.45, 2.75) is 37.2 Å². The lowest BCUT2D eigenvalue weighted by Gasteiger charge is -2.22. The maximum atomic E-state index is 12.2. The zero-order valence-electron chi connectivity index (χ0n) is 11.1. The molecular weight excluding hydrogens is 264 g/mol. The molecule has 5 nitrogen and oxygen atoms in total. The molecule has 3 N–H and O–H groups in total. The summed E-state index contributed by atoms with van der Waals surface area (Å²) in [5.41, 5.74) is 6.98. The summed E-state index contributed by atoms with van der Waals surface area (Å²) in [4.78, 5) is 0.133. The molecule has 1 heterocycles. The zero-order chi connectivity index (χ0) is 13.9. The van der Waals surface area contributed by atoms with Crippen LogP contribution >= 0.6 is 0 Å². The smallest absolute Gasteiger partial charge is 0.242 e. The third-order valence-electron chi connectivity index (χ3n) is 3.23. The van der Waals surface area contributed by atoms with Crippen LogP contribution < -0.4 is 10.5 Å². The first kappa shape index (κ1) is 14.3. The lowest BCUT2D eigenvalue weighted by atomic mass is 10.1. The maximum Gasteiger partial charge on any atom is 0.242 e. The van der Waals surface area contributed by atoms with Crippen molar-refractivity contribution >= 4 is 15.7 Å². The lowest BCUT2D eigenvalue weighted by molar-refractivity contribution is 0.0200. The molecule has 0 amide bonds. The highest BCUT2D eigenvalue weighted by atomic mass is 32.2. The number of hydrogen-bond donors (Lipinski definition) is 2. The first-order chi connectivity index (χ1) is 8.99. The standard InChI is InChI=1S/C13H20N2O3S/c1-10-5-6-13(12(14)8-10)19(16,17)15-9-11-4-2-3-7-18-11/h5-6,8,11,15H,2-4,7,9,14H2,1H3. The molecule has 1 aromatic rings. The molecule has 0 bridgehead atoms. The van der Waals surface area contributed by atoms with Gasteiger partial charge in [0, 0.05) is 13.2 Å². The van der Waals surface area contributed by atoms with Crippen molar-refractivity contribution in [3.63, 3.8) is 0 Å². The highest BCUT2D eigenvalue weighted by Gasteiger charge is 2.20. The minimum absolute atomic E-state index is 0.0322. The number of rotatable bonds is 4. The Morgan fingerprint density at radius 2 is 2.21 bits per heavy atom. The number of nitrogens with two attached hydrogens (primary N) is 1. The molecular formula is C13H20N2O3S. The molecule has 0 spiro atoms. The van der Waals surface area contributed by atoms with Crippen LogP contribution in [0.1, 0.15) is 24.8 Å². The fourth-order valence-corrected chi connectivity index (χ4v) is 3.34. The molecule has 1 saturated heterocycles. The summed E-state index contributed by atoms with van der Waals surface area (Å²) >= 11 is 0. The highest BCUT2D eigenvalue weighted by Crippen LogP contribution is 2.20. The number of ether oxygens (including phenoxy) is 1. The molecule has 0 aliphatic carbocycles. The van der Waals surface area contributed by atoms with Crippen LogP contribution in [-0.4, -0.2) is 27.7 Å². The van der Waals surface area contributed by atoms with Gasteiger partial charge in [-0.1, -0.05) is 6.07 Å². The van der Waals surface area contributed by atoms with Gasteiger partial charge in [0.05, 0.1) is 11.8 Å². The topological polar surface area (TPSA) is 81.4 Å². The minimum Gasteiger partial charge on any atom is -0.398 e. The number of benzene rings is 1. The molecule has 0 radical (unpaired) electrons. The Bertz CT molecular complexity index is 537. The van der Waals surface area contributed by atoms with Crippen LogP contribution in [0.5, 0.6) is 0 Å². The van der Waals surface area contributed by atoms with E-state index in [9.17, 15) is 8.42 Å². The van der Waals surface area contributed by atoms with Crippen LogP contribution in [0.4, 0.5) is 5.69 Å². The van der Waals surface area contributed by atoms with Crippen molar-refractivity contribution in [2.24, 2.45) is 0 Å². The van der Waals surface area contributed by atoms with Gasteiger partial charge in [0.25, 0.3) is 0 Å². The molecule has 0 aromatic heterocycles. The van der Waals surface area contributed by atoms with Crippen LogP contribution in [0, 0.1) is 6.92 Å². The summed E-state index contributed by atoms with van der Waals surface area (Å²) < 4.78 is 32.4. The summed E-state index contributed by atoms with van der Waals surface area (Å²) in [5, 5.41) is 0. The molecule has 1 aliphatic heterocycles. The first-order valence-electron chi connectivity index (χ1n) is 6.46. The average molecular weight is 284 g/mol. The van der Waals surface area contributed by atoms with Gasteiger partial charge in [-0.2, -0.15) is 0 Å². The monoisotopic (exact) mass is 284 g/mol. The van der Waals surface area contributed by atoms with Crippen LogP contribution in [0.15, 0.2) is 23.1 Å². The minimum atomic E-state index is -3.56. The van der Waals surface area contributed by atoms with Crippen molar-refractivity contribution in [3.05, 3.63) is 23.8 Å². The van der Waals surface area contributed by atoms with E-state index in [1.807, 2.05) is 6.92 Å². The Labute approximate surface area is 114 Å². The molecule has 1 unspecified atom stereocenters. The lowest BCUT2D eigenvalue weighted by Crippen LogP contribution is -2.35. The van der Waals surface area contributed by atoms with Gasteiger partial charge in [0.2, 0.25) is 10.0 Å². The molecule has 1 aromatic carbocycles. The Balaban J connectivity index is 2.05. The maximum absolute atomic E-state index is 12.2. The van der Waals surface area contributed by atoms with Gasteiger partial charge < -0.3 is 10.5 Å². The van der Waals surface area contributed by atoms with Crippen molar-refractivity contribution < 1.29 is 13.2 Å². The van der Waals surface area contributed by atoms with E-state index in [0.717, 1.165) is 24.8 Å². The number of anilines is 1. The normalized spacial score (nSPS) is 20.4. The number of aryl methyl sites for hydroxylation is 1. The number of nitrogens with one attached hydrogen (secondary N) is 1. The van der Waals surface area contributed by atoms with E-state index in [1.54, 1.807) is 12.1 Å². The van der Waals surface area contributed by atoms with E-state index < -0.39 is 10.0 Å². The van der Waals surface area contributed by atoms with Gasteiger partial charge in [-0.25, -0.2) is 13.1 Å². The van der Waals surface area contributed by atoms with E-state index >= 15 is 0 Å². The van der Waals surface area contributed by atoms with Crippen molar-refractivity contribution in [2.75, 3.05) is 18.9 Å². The second kappa shape index (κ2) is 5.90. The summed E-state index contributed by atoms with van der Waals surface area (Å²) in [7, 11) is -3.56. The Hall–Kier alpha value is -1.11. The second-order valence-electron chi connectivity index (χ2n) is 4.88. The van der Waals surface area contributed by atoms with Gasteiger partial charge in [-0.15, -0.1) is 0 Å². The van der Waals surface area contributed by atoms with Crippen LogP contribution in [0.2, 0.25) is 0 Å². The van der Waals surface area contributed by atoms with Gasteiger partial charge in [0.15, 0.2) is 0 Å². The molecule has 2 rings (SSSR count). The predicted octanol–water partition coefficient (Wildman–Crippen LogP) is 1.42. The Morgan fingerprint density at radius 3 is 2.84 bits per heavy atom. The molecule has 19 heavy (non-hydrogen) atoms. The summed E-state index contributed by atoms with van der Waals surface area (Å²) in [6.45, 7) is 2.88. The van der Waals surface area contributed by atoms with Gasteiger partial charge >= 0.3 is 0 Å². The van der Waals surface area contributed by atoms with Crippen LogP contribution in [0.3, 0.4) is 0 Å². The largest absolute Gasteiger partial charge is 0.398 e. The van der Waals surface area contributed by atoms with Gasteiger partial charge in [-0.3, -0.25) is 0 Å². The van der Waals surface area contributed by atoms with E-state index in [2.05, 4.69) is 4.72 Å². The Kier molecular flexibility index (Phi) is 4.44. The van der Waals surface area contributed by atoms with E-state index in [4.69, 9.17) is 10.5 Å². The zero-order valence-corrected chi connectivity index (χ0v) is 11.9.